The number of nitrogens with zero attached hydrogens (tertiary/aromatic N) is 3. The molecule has 0 atom stereocenters. The minimum Gasteiger partial charge on any atom is -0.348 e. The molecule has 0 radical (unpaired) electrons. The number of anilines is 1. The van der Waals surface area contributed by atoms with E-state index in [-0.39, 0.29) is 0 Å². The first-order valence-electron chi connectivity index (χ1n) is 6.20. The van der Waals surface area contributed by atoms with Crippen LogP contribution in [0.5, 0.6) is 0 Å². The molecule has 2 amide bonds. The van der Waals surface area contributed by atoms with Crippen molar-refractivity contribution in [2.75, 3.05) is 11.9 Å². The smallest absolute Gasteiger partial charge is 0.313 e. The number of amides is 2. The topological polar surface area (TPSA) is 88.9 Å². The standard InChI is InChI=1S/C13H15N5O2/c19-12(13(20)17-11-3-1-4-14-9-11)16-5-2-7-18-8-6-15-10-18/h1,3-4,6,8-10H,2,5,7H2,(H,16,19)(H,17,20). The molecule has 7 heteroatoms. The zero-order valence-corrected chi connectivity index (χ0v) is 10.8. The van der Waals surface area contributed by atoms with Crippen molar-refractivity contribution < 1.29 is 9.59 Å². The molecule has 0 unspecified atom stereocenters. The van der Waals surface area contributed by atoms with E-state index in [4.69, 9.17) is 0 Å². The Kier molecular flexibility index (Phi) is 4.82. The van der Waals surface area contributed by atoms with Gasteiger partial charge in [-0.2, -0.15) is 0 Å². The van der Waals surface area contributed by atoms with Crippen LogP contribution in [0.3, 0.4) is 0 Å². The van der Waals surface area contributed by atoms with Gasteiger partial charge in [-0.15, -0.1) is 0 Å². The number of carbonyl (C=O) groups is 2. The van der Waals surface area contributed by atoms with Crippen LogP contribution >= 0.6 is 0 Å². The summed E-state index contributed by atoms with van der Waals surface area (Å²) < 4.78 is 1.90. The molecule has 104 valence electrons. The SMILES string of the molecule is O=C(NCCCn1ccnc1)C(=O)Nc1cccnc1. The third-order valence-electron chi connectivity index (χ3n) is 2.56. The number of hydrogen-bond donors (Lipinski definition) is 2. The third kappa shape index (κ3) is 4.20. The summed E-state index contributed by atoms with van der Waals surface area (Å²) in [7, 11) is 0. The van der Waals surface area contributed by atoms with E-state index < -0.39 is 11.8 Å². The van der Waals surface area contributed by atoms with Gasteiger partial charge in [-0.05, 0) is 18.6 Å². The maximum absolute atomic E-state index is 11.6. The van der Waals surface area contributed by atoms with E-state index in [9.17, 15) is 9.59 Å². The molecule has 0 aliphatic rings. The molecule has 7 nitrogen and oxygen atoms in total. The molecule has 2 aromatic rings. The van der Waals surface area contributed by atoms with Crippen molar-refractivity contribution in [2.45, 2.75) is 13.0 Å². The minimum absolute atomic E-state index is 0.428. The Balaban J connectivity index is 1.68. The van der Waals surface area contributed by atoms with Crippen LogP contribution in [0.25, 0.3) is 0 Å². The van der Waals surface area contributed by atoms with Crippen LogP contribution in [0.15, 0.2) is 43.2 Å². The van der Waals surface area contributed by atoms with Gasteiger partial charge in [-0.3, -0.25) is 14.6 Å². The average Bonchev–Trinajstić information content (AvgIpc) is 2.97. The fourth-order valence-electron chi connectivity index (χ4n) is 1.59. The molecule has 0 fully saturated rings. The van der Waals surface area contributed by atoms with Gasteiger partial charge in [-0.1, -0.05) is 0 Å². The maximum Gasteiger partial charge on any atom is 0.313 e. The molecule has 0 saturated heterocycles. The number of pyridine rings is 1. The lowest BCUT2D eigenvalue weighted by Crippen LogP contribution is -2.36. The van der Waals surface area contributed by atoms with E-state index in [1.807, 2.05) is 10.8 Å². The van der Waals surface area contributed by atoms with Gasteiger partial charge in [0, 0.05) is 31.7 Å². The lowest BCUT2D eigenvalue weighted by molar-refractivity contribution is -0.136. The van der Waals surface area contributed by atoms with E-state index in [1.54, 1.807) is 30.9 Å². The summed E-state index contributed by atoms with van der Waals surface area (Å²) in [4.78, 5) is 30.9. The third-order valence-corrected chi connectivity index (χ3v) is 2.56. The Morgan fingerprint density at radius 1 is 1.20 bits per heavy atom. The first-order chi connectivity index (χ1) is 9.75. The zero-order valence-electron chi connectivity index (χ0n) is 10.8. The number of imidazole rings is 1. The van der Waals surface area contributed by atoms with Crippen LogP contribution in [0.1, 0.15) is 6.42 Å². The molecule has 0 aliphatic carbocycles. The second kappa shape index (κ2) is 7.03. The van der Waals surface area contributed by atoms with Gasteiger partial charge in [0.2, 0.25) is 0 Å². The molecule has 0 aliphatic heterocycles. The van der Waals surface area contributed by atoms with E-state index in [1.165, 1.54) is 6.20 Å². The number of aryl methyl sites for hydroxylation is 1. The molecular weight excluding hydrogens is 258 g/mol. The first-order valence-corrected chi connectivity index (χ1v) is 6.20. The monoisotopic (exact) mass is 273 g/mol. The Labute approximate surface area is 116 Å². The molecule has 2 N–H and O–H groups in total. The predicted molar refractivity (Wildman–Crippen MR) is 72.7 cm³/mol. The molecule has 2 rings (SSSR count). The van der Waals surface area contributed by atoms with E-state index in [0.29, 0.717) is 12.2 Å². The Hall–Kier alpha value is -2.70. The molecular formula is C13H15N5O2. The highest BCUT2D eigenvalue weighted by Gasteiger charge is 2.12. The Morgan fingerprint density at radius 2 is 2.10 bits per heavy atom. The number of hydrogen-bond acceptors (Lipinski definition) is 4. The molecule has 2 heterocycles. The highest BCUT2D eigenvalue weighted by Crippen LogP contribution is 2.01. The number of rotatable bonds is 5. The number of aromatic nitrogens is 3. The van der Waals surface area contributed by atoms with Gasteiger partial charge >= 0.3 is 11.8 Å². The van der Waals surface area contributed by atoms with Crippen LogP contribution in [-0.2, 0) is 16.1 Å². The second-order valence-electron chi connectivity index (χ2n) is 4.11. The van der Waals surface area contributed by atoms with Crippen LogP contribution in [0.4, 0.5) is 5.69 Å². The van der Waals surface area contributed by atoms with E-state index in [0.717, 1.165) is 13.0 Å². The van der Waals surface area contributed by atoms with Crippen molar-refractivity contribution in [3.05, 3.63) is 43.2 Å². The molecule has 0 saturated carbocycles. The van der Waals surface area contributed by atoms with E-state index in [2.05, 4.69) is 20.6 Å². The van der Waals surface area contributed by atoms with Gasteiger partial charge in [0.05, 0.1) is 18.2 Å². The Bertz CT molecular complexity index is 553. The fourth-order valence-corrected chi connectivity index (χ4v) is 1.59. The molecule has 2 aromatic heterocycles. The van der Waals surface area contributed by atoms with Gasteiger partial charge in [0.15, 0.2) is 0 Å². The van der Waals surface area contributed by atoms with Crippen molar-refractivity contribution >= 4 is 17.5 Å². The summed E-state index contributed by atoms with van der Waals surface area (Å²) in [6.45, 7) is 1.17. The zero-order chi connectivity index (χ0) is 14.2. The van der Waals surface area contributed by atoms with Crippen molar-refractivity contribution in [3.8, 4) is 0 Å². The molecule has 0 aromatic carbocycles. The summed E-state index contributed by atoms with van der Waals surface area (Å²) in [5, 5.41) is 5.03. The summed E-state index contributed by atoms with van der Waals surface area (Å²) in [5.74, 6) is -1.35. The van der Waals surface area contributed by atoms with Crippen molar-refractivity contribution in [2.24, 2.45) is 0 Å². The lowest BCUT2D eigenvalue weighted by Gasteiger charge is -2.06. The van der Waals surface area contributed by atoms with E-state index >= 15 is 0 Å². The normalized spacial score (nSPS) is 10.0. The van der Waals surface area contributed by atoms with Gasteiger partial charge in [0.1, 0.15) is 0 Å². The van der Waals surface area contributed by atoms with Crippen LogP contribution in [0, 0.1) is 0 Å². The van der Waals surface area contributed by atoms with Crippen LogP contribution in [-0.4, -0.2) is 32.9 Å². The first kappa shape index (κ1) is 13.7. The minimum atomic E-state index is -0.694. The summed E-state index contributed by atoms with van der Waals surface area (Å²) in [6.07, 6.45) is 9.03. The quantitative estimate of drug-likeness (QED) is 0.610. The molecule has 0 spiro atoms. The molecule has 20 heavy (non-hydrogen) atoms. The van der Waals surface area contributed by atoms with Gasteiger partial charge < -0.3 is 15.2 Å². The van der Waals surface area contributed by atoms with Crippen LogP contribution in [0.2, 0.25) is 0 Å². The van der Waals surface area contributed by atoms with Crippen molar-refractivity contribution in [1.82, 2.24) is 19.9 Å². The van der Waals surface area contributed by atoms with Crippen molar-refractivity contribution in [3.63, 3.8) is 0 Å². The molecule has 0 bridgehead atoms. The summed E-state index contributed by atoms with van der Waals surface area (Å²) in [6, 6.07) is 3.34. The summed E-state index contributed by atoms with van der Waals surface area (Å²) >= 11 is 0. The number of nitrogens with one attached hydrogen (secondary N) is 2. The highest BCUT2D eigenvalue weighted by atomic mass is 16.2. The van der Waals surface area contributed by atoms with Crippen molar-refractivity contribution in [1.29, 1.82) is 0 Å². The Morgan fingerprint density at radius 3 is 2.80 bits per heavy atom. The summed E-state index contributed by atoms with van der Waals surface area (Å²) in [5.41, 5.74) is 0.492. The largest absolute Gasteiger partial charge is 0.348 e. The average molecular weight is 273 g/mol. The van der Waals surface area contributed by atoms with Gasteiger partial charge in [-0.25, -0.2) is 4.98 Å². The second-order valence-corrected chi connectivity index (χ2v) is 4.11. The predicted octanol–water partition coefficient (Wildman–Crippen LogP) is 0.423. The fraction of sp³-hybridized carbons (Fsp3) is 0.231. The van der Waals surface area contributed by atoms with Crippen LogP contribution < -0.4 is 10.6 Å². The maximum atomic E-state index is 11.6. The van der Waals surface area contributed by atoms with Gasteiger partial charge in [0.25, 0.3) is 0 Å². The highest BCUT2D eigenvalue weighted by molar-refractivity contribution is 6.39. The lowest BCUT2D eigenvalue weighted by atomic mass is 10.4. The number of carbonyl (C=O) groups excluding carboxylic acids is 2.